The minimum Gasteiger partial charge on any atom is -0.420 e. The van der Waals surface area contributed by atoms with Crippen molar-refractivity contribution in [1.29, 1.82) is 0 Å². The maximum Gasteiger partial charge on any atom is 0.396 e. The van der Waals surface area contributed by atoms with Gasteiger partial charge in [0.2, 0.25) is 0 Å². The summed E-state index contributed by atoms with van der Waals surface area (Å²) in [6.45, 7) is 0.616. The van der Waals surface area contributed by atoms with Crippen molar-refractivity contribution in [1.82, 2.24) is 10.4 Å². The van der Waals surface area contributed by atoms with Crippen LogP contribution in [0.5, 0.6) is 11.5 Å². The molecule has 0 saturated heterocycles. The van der Waals surface area contributed by atoms with Crippen LogP contribution in [0.15, 0.2) is 60.7 Å². The number of para-hydroxylation sites is 2. The van der Waals surface area contributed by atoms with E-state index < -0.39 is 12.7 Å². The van der Waals surface area contributed by atoms with E-state index >= 15 is 0 Å². The fourth-order valence-corrected chi connectivity index (χ4v) is 3.73. The summed E-state index contributed by atoms with van der Waals surface area (Å²) in [7, 11) is 0. The summed E-state index contributed by atoms with van der Waals surface area (Å²) in [5.41, 5.74) is 0. The predicted octanol–water partition coefficient (Wildman–Crippen LogP) is 4.08. The molecule has 0 aliphatic carbocycles. The second kappa shape index (κ2) is 7.99. The van der Waals surface area contributed by atoms with E-state index in [1.165, 1.54) is 0 Å². The number of nitrogens with one attached hydrogen (secondary N) is 2. The third-order valence-corrected chi connectivity index (χ3v) is 4.70. The molecule has 2 rings (SSSR count). The standard InChI is InChI=1S/C16H19N2O3PS/c1-13(2)17-16(19)18-22(23,20-14-9-5-3-6-10-14)21-15-11-7-4-8-12-15/h3-13H,1-2H3,(H2,17,18,19,23). The molecule has 2 aromatic carbocycles. The van der Waals surface area contributed by atoms with Crippen molar-refractivity contribution in [3.05, 3.63) is 60.7 Å². The third-order valence-electron chi connectivity index (χ3n) is 2.60. The zero-order valence-electron chi connectivity index (χ0n) is 12.9. The van der Waals surface area contributed by atoms with Crippen LogP contribution in [-0.2, 0) is 11.8 Å². The first-order valence-electron chi connectivity index (χ1n) is 7.15. The first-order chi connectivity index (χ1) is 11.0. The second-order valence-electron chi connectivity index (χ2n) is 5.05. The van der Waals surface area contributed by atoms with Crippen molar-refractivity contribution < 1.29 is 13.8 Å². The van der Waals surface area contributed by atoms with Crippen LogP contribution in [0.25, 0.3) is 0 Å². The van der Waals surface area contributed by atoms with Crippen molar-refractivity contribution in [2.75, 3.05) is 0 Å². The number of carbonyl (C=O) groups is 1. The number of benzene rings is 2. The van der Waals surface area contributed by atoms with Gasteiger partial charge in [-0.15, -0.1) is 0 Å². The van der Waals surface area contributed by atoms with Gasteiger partial charge in [-0.05, 0) is 38.1 Å². The Hall–Kier alpha value is -2.04. The lowest BCUT2D eigenvalue weighted by atomic mass is 10.3. The fourth-order valence-electron chi connectivity index (χ4n) is 1.72. The molecule has 23 heavy (non-hydrogen) atoms. The quantitative estimate of drug-likeness (QED) is 0.771. The molecule has 0 bridgehead atoms. The van der Waals surface area contributed by atoms with Gasteiger partial charge in [-0.1, -0.05) is 36.4 Å². The molecule has 0 saturated carbocycles. The SMILES string of the molecule is CC(C)NC(=O)NP(=S)(Oc1ccccc1)Oc1ccccc1. The number of hydrogen-bond donors (Lipinski definition) is 2. The molecule has 2 N–H and O–H groups in total. The van der Waals surface area contributed by atoms with Gasteiger partial charge in [0, 0.05) is 17.8 Å². The van der Waals surface area contributed by atoms with Gasteiger partial charge in [0.15, 0.2) is 0 Å². The Bertz CT molecular complexity index is 635. The van der Waals surface area contributed by atoms with Crippen molar-refractivity contribution in [2.45, 2.75) is 19.9 Å². The van der Waals surface area contributed by atoms with Gasteiger partial charge in [-0.25, -0.2) is 9.88 Å². The Morgan fingerprint density at radius 3 is 1.78 bits per heavy atom. The first-order valence-corrected chi connectivity index (χ1v) is 9.79. The van der Waals surface area contributed by atoms with Crippen molar-refractivity contribution in [3.63, 3.8) is 0 Å². The molecule has 0 aliphatic heterocycles. The molecular formula is C16H19N2O3PS. The summed E-state index contributed by atoms with van der Waals surface area (Å²) in [6, 6.07) is 17.6. The largest absolute Gasteiger partial charge is 0.420 e. The van der Waals surface area contributed by atoms with Crippen LogP contribution in [0, 0.1) is 0 Å². The van der Waals surface area contributed by atoms with Crippen LogP contribution in [0.4, 0.5) is 4.79 Å². The summed E-state index contributed by atoms with van der Waals surface area (Å²) in [4.78, 5) is 12.0. The lowest BCUT2D eigenvalue weighted by Gasteiger charge is -2.24. The highest BCUT2D eigenvalue weighted by atomic mass is 32.5. The Labute approximate surface area is 141 Å². The Kier molecular flexibility index (Phi) is 6.02. The van der Waals surface area contributed by atoms with Crippen molar-refractivity contribution in [3.8, 4) is 11.5 Å². The minimum atomic E-state index is -3.10. The van der Waals surface area contributed by atoms with E-state index in [0.29, 0.717) is 11.5 Å². The molecule has 0 aromatic heterocycles. The fraction of sp³-hybridized carbons (Fsp3) is 0.188. The zero-order valence-corrected chi connectivity index (χ0v) is 14.6. The lowest BCUT2D eigenvalue weighted by molar-refractivity contribution is 0.242. The van der Waals surface area contributed by atoms with Crippen LogP contribution < -0.4 is 19.5 Å². The number of carbonyl (C=O) groups excluding carboxylic acids is 1. The van der Waals surface area contributed by atoms with E-state index in [9.17, 15) is 4.79 Å². The number of urea groups is 1. The van der Waals surface area contributed by atoms with E-state index in [1.807, 2.05) is 50.2 Å². The molecule has 2 aromatic rings. The number of rotatable bonds is 6. The smallest absolute Gasteiger partial charge is 0.396 e. The molecule has 2 amide bonds. The van der Waals surface area contributed by atoms with Gasteiger partial charge in [0.1, 0.15) is 11.5 Å². The van der Waals surface area contributed by atoms with E-state index in [2.05, 4.69) is 10.4 Å². The normalized spacial score (nSPS) is 10.9. The molecular weight excluding hydrogens is 331 g/mol. The summed E-state index contributed by atoms with van der Waals surface area (Å²) in [5, 5.41) is 5.37. The van der Waals surface area contributed by atoms with Crippen LogP contribution in [0.1, 0.15) is 13.8 Å². The molecule has 0 spiro atoms. The summed E-state index contributed by atoms with van der Waals surface area (Å²) in [5.74, 6) is 1.08. The lowest BCUT2D eigenvalue weighted by Crippen LogP contribution is -2.39. The molecule has 5 nitrogen and oxygen atoms in total. The number of hydrogen-bond acceptors (Lipinski definition) is 4. The van der Waals surface area contributed by atoms with Crippen LogP contribution in [0.3, 0.4) is 0 Å². The Balaban J connectivity index is 2.19. The van der Waals surface area contributed by atoms with Gasteiger partial charge < -0.3 is 14.4 Å². The summed E-state index contributed by atoms with van der Waals surface area (Å²) in [6.07, 6.45) is 0. The van der Waals surface area contributed by atoms with Crippen molar-refractivity contribution in [2.24, 2.45) is 0 Å². The second-order valence-corrected chi connectivity index (χ2v) is 8.07. The van der Waals surface area contributed by atoms with Gasteiger partial charge >= 0.3 is 12.7 Å². The summed E-state index contributed by atoms with van der Waals surface area (Å²) >= 11 is 5.49. The van der Waals surface area contributed by atoms with Crippen molar-refractivity contribution >= 4 is 24.5 Å². The average molecular weight is 350 g/mol. The number of amides is 2. The average Bonchev–Trinajstić information content (AvgIpc) is 2.47. The Morgan fingerprint density at radius 1 is 0.957 bits per heavy atom. The van der Waals surface area contributed by atoms with Gasteiger partial charge in [0.25, 0.3) is 0 Å². The van der Waals surface area contributed by atoms with E-state index in [0.717, 1.165) is 0 Å². The molecule has 0 aliphatic rings. The van der Waals surface area contributed by atoms with Crippen LogP contribution in [0.2, 0.25) is 0 Å². The first kappa shape index (κ1) is 17.3. The topological polar surface area (TPSA) is 59.6 Å². The Morgan fingerprint density at radius 2 is 1.39 bits per heavy atom. The third kappa shape index (κ3) is 5.93. The van der Waals surface area contributed by atoms with Gasteiger partial charge in [-0.3, -0.25) is 0 Å². The van der Waals surface area contributed by atoms with Crippen LogP contribution >= 0.6 is 6.64 Å². The molecule has 7 heteroatoms. The van der Waals surface area contributed by atoms with Crippen LogP contribution in [-0.4, -0.2) is 12.1 Å². The highest BCUT2D eigenvalue weighted by molar-refractivity contribution is 8.09. The maximum atomic E-state index is 12.0. The maximum absolute atomic E-state index is 12.0. The minimum absolute atomic E-state index is 0.0214. The highest BCUT2D eigenvalue weighted by Gasteiger charge is 2.26. The molecule has 0 fully saturated rings. The monoisotopic (exact) mass is 350 g/mol. The summed E-state index contributed by atoms with van der Waals surface area (Å²) < 4.78 is 11.6. The molecule has 0 heterocycles. The van der Waals surface area contributed by atoms with E-state index in [1.54, 1.807) is 24.3 Å². The van der Waals surface area contributed by atoms with E-state index in [-0.39, 0.29) is 6.04 Å². The zero-order chi connectivity index (χ0) is 16.7. The molecule has 122 valence electrons. The van der Waals surface area contributed by atoms with Gasteiger partial charge in [-0.2, -0.15) is 0 Å². The molecule has 0 atom stereocenters. The predicted molar refractivity (Wildman–Crippen MR) is 95.2 cm³/mol. The van der Waals surface area contributed by atoms with Gasteiger partial charge in [0.05, 0.1) is 0 Å². The molecule has 0 unspecified atom stereocenters. The molecule has 0 radical (unpaired) electrons. The van der Waals surface area contributed by atoms with E-state index in [4.69, 9.17) is 20.9 Å². The highest BCUT2D eigenvalue weighted by Crippen LogP contribution is 2.44.